The van der Waals surface area contributed by atoms with E-state index < -0.39 is 23.8 Å². The molecule has 4 N–H and O–H groups in total. The molecule has 2 aliphatic rings. The van der Waals surface area contributed by atoms with Gasteiger partial charge < -0.3 is 30.0 Å². The molecule has 2 aliphatic heterocycles. The quantitative estimate of drug-likeness (QED) is 0.276. The van der Waals surface area contributed by atoms with Crippen LogP contribution in [-0.4, -0.2) is 81.2 Å². The van der Waals surface area contributed by atoms with Crippen molar-refractivity contribution >= 4 is 29.6 Å². The van der Waals surface area contributed by atoms with E-state index >= 15 is 0 Å². The monoisotopic (exact) mass is 586 g/mol. The second-order valence-corrected chi connectivity index (χ2v) is 11.0. The third-order valence-electron chi connectivity index (χ3n) is 8.07. The number of amidine groups is 1. The number of nitrogens with one attached hydrogen (secondary N) is 1. The van der Waals surface area contributed by atoms with E-state index in [1.807, 2.05) is 0 Å². The van der Waals surface area contributed by atoms with E-state index in [9.17, 15) is 24.8 Å². The number of carboxylic acids is 1. The van der Waals surface area contributed by atoms with Gasteiger partial charge >= 0.3 is 12.0 Å². The molecule has 13 nitrogen and oxygen atoms in total. The normalized spacial score (nSPS) is 18.3. The highest BCUT2D eigenvalue weighted by atomic mass is 16.4. The molecule has 2 atom stereocenters. The maximum Gasteiger partial charge on any atom is 0.327 e. The SMILES string of the molecule is Cc1cc(C(=O)n2nc(C3CCCN(C(=O)N4CCCC4)C3C(=O)O)c(C#N)c2N(C)Cc2ccc(C(=N)N)cc2)co1. The van der Waals surface area contributed by atoms with Gasteiger partial charge in [-0.25, -0.2) is 9.59 Å². The number of nitrogen functional groups attached to an aromatic ring is 1. The Bertz CT molecular complexity index is 1600. The number of amides is 2. The summed E-state index contributed by atoms with van der Waals surface area (Å²) in [5.41, 5.74) is 7.43. The standard InChI is InChI=1S/C30H34N8O5/c1-18-14-21(17-43-18)28(39)38-27(35(2)16-19-7-9-20(10-8-19)26(32)33)23(15-31)24(34-38)22-6-5-13-37(25(22)29(40)41)30(42)36-11-3-4-12-36/h7-10,14,17,22,25H,3-6,11-13,16H2,1-2H3,(H3,32,33)(H,40,41). The number of aliphatic carboxylic acids is 1. The summed E-state index contributed by atoms with van der Waals surface area (Å²) in [7, 11) is 1.71. The van der Waals surface area contributed by atoms with Crippen LogP contribution in [0, 0.1) is 23.7 Å². The summed E-state index contributed by atoms with van der Waals surface area (Å²) in [6.07, 6.45) is 3.95. The average Bonchev–Trinajstić information content (AvgIpc) is 3.76. The summed E-state index contributed by atoms with van der Waals surface area (Å²) in [6.45, 7) is 3.40. The molecule has 2 unspecified atom stereocenters. The Hall–Kier alpha value is -5.12. The number of nitrogens with zero attached hydrogens (tertiary/aromatic N) is 6. The van der Waals surface area contributed by atoms with Crippen LogP contribution in [0.4, 0.5) is 10.6 Å². The number of carbonyl (C=O) groups is 3. The van der Waals surface area contributed by atoms with Crippen LogP contribution in [0.3, 0.4) is 0 Å². The third-order valence-corrected chi connectivity index (χ3v) is 8.07. The summed E-state index contributed by atoms with van der Waals surface area (Å²) in [4.78, 5) is 44.6. The number of aromatic nitrogens is 2. The van der Waals surface area contributed by atoms with Crippen LogP contribution in [0.2, 0.25) is 0 Å². The highest BCUT2D eigenvalue weighted by Gasteiger charge is 2.45. The molecule has 13 heteroatoms. The lowest BCUT2D eigenvalue weighted by molar-refractivity contribution is -0.144. The van der Waals surface area contributed by atoms with Crippen LogP contribution in [0.5, 0.6) is 0 Å². The van der Waals surface area contributed by atoms with E-state index in [1.165, 1.54) is 11.2 Å². The Morgan fingerprint density at radius 3 is 2.44 bits per heavy atom. The fourth-order valence-electron chi connectivity index (χ4n) is 5.99. The van der Waals surface area contributed by atoms with Crippen molar-refractivity contribution in [3.05, 3.63) is 70.3 Å². The summed E-state index contributed by atoms with van der Waals surface area (Å²) < 4.78 is 6.48. The van der Waals surface area contributed by atoms with Crippen molar-refractivity contribution in [2.45, 2.75) is 51.1 Å². The van der Waals surface area contributed by atoms with Gasteiger partial charge in [-0.1, -0.05) is 24.3 Å². The van der Waals surface area contributed by atoms with Crippen LogP contribution >= 0.6 is 0 Å². The van der Waals surface area contributed by atoms with E-state index in [2.05, 4.69) is 11.2 Å². The number of anilines is 1. The van der Waals surface area contributed by atoms with Gasteiger partial charge in [0, 0.05) is 44.7 Å². The fourth-order valence-corrected chi connectivity index (χ4v) is 5.99. The number of likely N-dealkylation sites (tertiary alicyclic amines) is 2. The molecule has 0 spiro atoms. The van der Waals surface area contributed by atoms with Crippen molar-refractivity contribution in [1.82, 2.24) is 19.6 Å². The lowest BCUT2D eigenvalue weighted by atomic mass is 9.85. The number of nitriles is 1. The van der Waals surface area contributed by atoms with Crippen LogP contribution in [0.25, 0.3) is 0 Å². The lowest BCUT2D eigenvalue weighted by Crippen LogP contribution is -2.55. The first-order chi connectivity index (χ1) is 20.6. The number of aryl methyl sites for hydroxylation is 1. The number of hydrogen-bond donors (Lipinski definition) is 3. The minimum atomic E-state index is -1.25. The van der Waals surface area contributed by atoms with Crippen LogP contribution in [-0.2, 0) is 11.3 Å². The number of carboxylic acid groups (broad SMARTS) is 1. The zero-order chi connectivity index (χ0) is 30.8. The van der Waals surface area contributed by atoms with E-state index in [4.69, 9.17) is 15.6 Å². The van der Waals surface area contributed by atoms with Gasteiger partial charge in [0.25, 0.3) is 5.91 Å². The molecule has 3 aromatic rings. The zero-order valence-electron chi connectivity index (χ0n) is 24.1. The Labute approximate surface area is 248 Å². The second kappa shape index (κ2) is 12.0. The number of furan rings is 1. The molecule has 0 bridgehead atoms. The van der Waals surface area contributed by atoms with Gasteiger partial charge in [0.1, 0.15) is 35.5 Å². The average molecular weight is 587 g/mol. The van der Waals surface area contributed by atoms with Gasteiger partial charge in [-0.2, -0.15) is 15.0 Å². The first-order valence-electron chi connectivity index (χ1n) is 14.2. The number of hydrogen-bond acceptors (Lipinski definition) is 8. The van der Waals surface area contributed by atoms with Gasteiger partial charge in [-0.3, -0.25) is 10.2 Å². The number of piperidine rings is 1. The number of carbonyl (C=O) groups excluding carboxylic acids is 2. The highest BCUT2D eigenvalue weighted by Crippen LogP contribution is 2.38. The van der Waals surface area contributed by atoms with Gasteiger partial charge in [-0.15, -0.1) is 0 Å². The first-order valence-corrected chi connectivity index (χ1v) is 14.2. The Morgan fingerprint density at radius 2 is 1.86 bits per heavy atom. The molecule has 2 saturated heterocycles. The second-order valence-electron chi connectivity index (χ2n) is 11.0. The fraction of sp³-hybridized carbons (Fsp3) is 0.400. The molecule has 5 rings (SSSR count). The van der Waals surface area contributed by atoms with E-state index in [0.29, 0.717) is 37.3 Å². The zero-order valence-corrected chi connectivity index (χ0v) is 24.1. The highest BCUT2D eigenvalue weighted by molar-refractivity contribution is 5.98. The van der Waals surface area contributed by atoms with E-state index in [-0.39, 0.29) is 47.6 Å². The minimum Gasteiger partial charge on any atom is -0.480 e. The maximum atomic E-state index is 13.8. The lowest BCUT2D eigenvalue weighted by Gasteiger charge is -2.40. The molecule has 2 amide bonds. The molecule has 0 saturated carbocycles. The van der Waals surface area contributed by atoms with Gasteiger partial charge in [0.15, 0.2) is 5.82 Å². The molecule has 2 fully saturated rings. The predicted molar refractivity (Wildman–Crippen MR) is 156 cm³/mol. The van der Waals surface area contributed by atoms with E-state index in [0.717, 1.165) is 23.1 Å². The van der Waals surface area contributed by atoms with Gasteiger partial charge in [0.05, 0.1) is 11.3 Å². The van der Waals surface area contributed by atoms with Crippen LogP contribution in [0.15, 0.2) is 41.0 Å². The predicted octanol–water partition coefficient (Wildman–Crippen LogP) is 3.11. The van der Waals surface area contributed by atoms with Crippen molar-refractivity contribution in [2.75, 3.05) is 31.6 Å². The van der Waals surface area contributed by atoms with Crippen molar-refractivity contribution in [1.29, 1.82) is 10.7 Å². The number of benzene rings is 1. The minimum absolute atomic E-state index is 0.0619. The molecule has 224 valence electrons. The molecule has 1 aromatic carbocycles. The van der Waals surface area contributed by atoms with Gasteiger partial charge in [-0.05, 0) is 44.2 Å². The van der Waals surface area contributed by atoms with Crippen LogP contribution in [0.1, 0.15) is 70.1 Å². The summed E-state index contributed by atoms with van der Waals surface area (Å²) in [6, 6.07) is 9.20. The molecule has 4 heterocycles. The van der Waals surface area contributed by atoms with Crippen LogP contribution < -0.4 is 10.6 Å². The number of rotatable bonds is 7. The van der Waals surface area contributed by atoms with Crippen molar-refractivity contribution in [3.63, 3.8) is 0 Å². The largest absolute Gasteiger partial charge is 0.480 e. The topological polar surface area (TPSA) is 186 Å². The van der Waals surface area contributed by atoms with E-state index in [1.54, 1.807) is 54.1 Å². The Balaban J connectivity index is 1.58. The summed E-state index contributed by atoms with van der Waals surface area (Å²) in [5.74, 6) is -1.88. The van der Waals surface area contributed by atoms with Crippen molar-refractivity contribution in [2.24, 2.45) is 5.73 Å². The number of nitrogens with two attached hydrogens (primary N) is 1. The maximum absolute atomic E-state index is 13.8. The smallest absolute Gasteiger partial charge is 0.327 e. The van der Waals surface area contributed by atoms with Crippen molar-refractivity contribution < 1.29 is 23.9 Å². The van der Waals surface area contributed by atoms with Gasteiger partial charge in [0.2, 0.25) is 0 Å². The summed E-state index contributed by atoms with van der Waals surface area (Å²) >= 11 is 0. The molecule has 0 radical (unpaired) electrons. The molecule has 0 aliphatic carbocycles. The molecular formula is C30H34N8O5. The van der Waals surface area contributed by atoms with Crippen molar-refractivity contribution in [3.8, 4) is 6.07 Å². The summed E-state index contributed by atoms with van der Waals surface area (Å²) in [5, 5.41) is 33.1. The molecular weight excluding hydrogens is 552 g/mol. The Kier molecular flexibility index (Phi) is 8.20. The third kappa shape index (κ3) is 5.68. The first kappa shape index (κ1) is 29.4. The number of urea groups is 1. The molecule has 2 aromatic heterocycles. The Morgan fingerprint density at radius 1 is 1.16 bits per heavy atom. The molecule has 43 heavy (non-hydrogen) atoms.